The van der Waals surface area contributed by atoms with Crippen LogP contribution >= 0.6 is 0 Å². The zero-order valence-electron chi connectivity index (χ0n) is 16.9. The number of hydrogen-bond acceptors (Lipinski definition) is 4. The first-order chi connectivity index (χ1) is 15.0. The minimum absolute atomic E-state index is 0.0177. The molecule has 0 unspecified atom stereocenters. The average molecular weight is 420 g/mol. The standard InChI is InChI=1S/C23H22F2N6/c1-13(26-9-14-7-23(24,25)8-14)17-12-29-31-5-4-16(6-20(17)31)18-10-28-22-19(18)11-27-21(30-22)15-2-3-15/h4-6,10-12,14-15,26H,1-3,7-9H2,(H,27,28,30). The highest BCUT2D eigenvalue weighted by Crippen LogP contribution is 2.42. The SMILES string of the molecule is C=C(NCC1CC(F)(F)C1)c1cnn2ccc(-c3c[nH]c4nc(C5CC5)ncc34)cc12. The van der Waals surface area contributed by atoms with Crippen molar-refractivity contribution in [2.45, 2.75) is 37.5 Å². The molecule has 0 aromatic carbocycles. The quantitative estimate of drug-likeness (QED) is 0.472. The van der Waals surface area contributed by atoms with Crippen LogP contribution in [-0.4, -0.2) is 37.0 Å². The van der Waals surface area contributed by atoms with E-state index in [9.17, 15) is 8.78 Å². The topological polar surface area (TPSA) is 70.9 Å². The molecule has 2 aliphatic rings. The van der Waals surface area contributed by atoms with Gasteiger partial charge >= 0.3 is 0 Å². The van der Waals surface area contributed by atoms with Crippen LogP contribution in [0.1, 0.15) is 43.0 Å². The lowest BCUT2D eigenvalue weighted by Crippen LogP contribution is -2.40. The summed E-state index contributed by atoms with van der Waals surface area (Å²) in [6, 6.07) is 4.07. The first-order valence-corrected chi connectivity index (χ1v) is 10.6. The predicted molar refractivity (Wildman–Crippen MR) is 115 cm³/mol. The number of aromatic nitrogens is 5. The Bertz CT molecular complexity index is 1310. The smallest absolute Gasteiger partial charge is 0.248 e. The third-order valence-corrected chi connectivity index (χ3v) is 6.33. The van der Waals surface area contributed by atoms with E-state index >= 15 is 0 Å². The van der Waals surface area contributed by atoms with Crippen molar-refractivity contribution in [3.63, 3.8) is 0 Å². The Labute approximate surface area is 177 Å². The summed E-state index contributed by atoms with van der Waals surface area (Å²) in [5.41, 5.74) is 5.36. The van der Waals surface area contributed by atoms with Gasteiger partial charge in [0, 0.05) is 66.1 Å². The lowest BCUT2D eigenvalue weighted by Gasteiger charge is -2.35. The fourth-order valence-corrected chi connectivity index (χ4v) is 4.37. The van der Waals surface area contributed by atoms with E-state index in [2.05, 4.69) is 38.0 Å². The normalized spacial score (nSPS) is 18.4. The zero-order valence-corrected chi connectivity index (χ0v) is 16.9. The van der Waals surface area contributed by atoms with Crippen molar-refractivity contribution in [3.05, 3.63) is 54.9 Å². The Morgan fingerprint density at radius 3 is 2.90 bits per heavy atom. The van der Waals surface area contributed by atoms with Gasteiger partial charge in [-0.2, -0.15) is 5.10 Å². The summed E-state index contributed by atoms with van der Waals surface area (Å²) < 4.78 is 27.9. The summed E-state index contributed by atoms with van der Waals surface area (Å²) in [5, 5.41) is 8.61. The minimum atomic E-state index is -2.50. The highest BCUT2D eigenvalue weighted by Gasteiger charge is 2.44. The van der Waals surface area contributed by atoms with E-state index in [1.54, 1.807) is 10.7 Å². The van der Waals surface area contributed by atoms with Crippen LogP contribution in [0.3, 0.4) is 0 Å². The van der Waals surface area contributed by atoms with Crippen LogP contribution in [0.4, 0.5) is 8.78 Å². The van der Waals surface area contributed by atoms with Crippen LogP contribution in [-0.2, 0) is 0 Å². The van der Waals surface area contributed by atoms with Crippen molar-refractivity contribution in [2.24, 2.45) is 5.92 Å². The zero-order chi connectivity index (χ0) is 21.2. The van der Waals surface area contributed by atoms with Gasteiger partial charge in [0.1, 0.15) is 11.5 Å². The second-order valence-corrected chi connectivity index (χ2v) is 8.76. The summed E-state index contributed by atoms with van der Waals surface area (Å²) in [5.74, 6) is -1.10. The van der Waals surface area contributed by atoms with Crippen molar-refractivity contribution in [3.8, 4) is 11.1 Å². The third kappa shape index (κ3) is 3.26. The minimum Gasteiger partial charge on any atom is -0.385 e. The van der Waals surface area contributed by atoms with Crippen LogP contribution in [0.5, 0.6) is 0 Å². The summed E-state index contributed by atoms with van der Waals surface area (Å²) in [6.07, 6.45) is 9.74. The second-order valence-electron chi connectivity index (χ2n) is 8.76. The van der Waals surface area contributed by atoms with Gasteiger partial charge in [0.15, 0.2) is 0 Å². The van der Waals surface area contributed by atoms with E-state index in [1.165, 1.54) is 12.8 Å². The molecule has 0 atom stereocenters. The third-order valence-electron chi connectivity index (χ3n) is 6.33. The van der Waals surface area contributed by atoms with Crippen molar-refractivity contribution in [1.29, 1.82) is 0 Å². The van der Waals surface area contributed by atoms with Gasteiger partial charge in [-0.15, -0.1) is 0 Å². The Morgan fingerprint density at radius 1 is 1.29 bits per heavy atom. The van der Waals surface area contributed by atoms with E-state index < -0.39 is 5.92 Å². The molecule has 0 spiro atoms. The molecular formula is C23H22F2N6. The number of fused-ring (bicyclic) bond motifs is 2. The first-order valence-electron chi connectivity index (χ1n) is 10.6. The molecule has 2 aliphatic carbocycles. The van der Waals surface area contributed by atoms with Crippen LogP contribution in [0.25, 0.3) is 33.4 Å². The van der Waals surface area contributed by atoms with Crippen LogP contribution in [0, 0.1) is 5.92 Å². The Morgan fingerprint density at radius 2 is 2.13 bits per heavy atom. The van der Waals surface area contributed by atoms with E-state index in [1.807, 2.05) is 24.7 Å². The average Bonchev–Trinajstić information content (AvgIpc) is 3.37. The molecule has 4 heterocycles. The molecule has 0 saturated heterocycles. The Balaban J connectivity index is 1.28. The molecule has 2 N–H and O–H groups in total. The van der Waals surface area contributed by atoms with Gasteiger partial charge in [-0.3, -0.25) is 0 Å². The number of nitrogens with zero attached hydrogens (tertiary/aromatic N) is 4. The van der Waals surface area contributed by atoms with Gasteiger partial charge in [0.25, 0.3) is 0 Å². The molecule has 8 heteroatoms. The number of H-pyrrole nitrogens is 1. The van der Waals surface area contributed by atoms with Crippen molar-refractivity contribution in [2.75, 3.05) is 6.54 Å². The maximum Gasteiger partial charge on any atom is 0.248 e. The largest absolute Gasteiger partial charge is 0.385 e. The van der Waals surface area contributed by atoms with Gasteiger partial charge in [-0.1, -0.05) is 6.58 Å². The molecule has 0 bridgehead atoms. The molecule has 2 fully saturated rings. The molecule has 4 aromatic rings. The second kappa shape index (κ2) is 6.60. The van der Waals surface area contributed by atoms with Crippen molar-refractivity contribution >= 4 is 22.2 Å². The number of hydrogen-bond donors (Lipinski definition) is 2. The molecular weight excluding hydrogens is 398 g/mol. The van der Waals surface area contributed by atoms with Crippen molar-refractivity contribution in [1.82, 2.24) is 29.9 Å². The molecule has 0 aliphatic heterocycles. The fourth-order valence-electron chi connectivity index (χ4n) is 4.37. The van der Waals surface area contributed by atoms with E-state index in [0.29, 0.717) is 18.2 Å². The molecule has 0 radical (unpaired) electrons. The van der Waals surface area contributed by atoms with Crippen LogP contribution in [0.2, 0.25) is 0 Å². The fraction of sp³-hybridized carbons (Fsp3) is 0.348. The van der Waals surface area contributed by atoms with Crippen molar-refractivity contribution < 1.29 is 8.78 Å². The number of aromatic amines is 1. The lowest BCUT2D eigenvalue weighted by atomic mass is 9.81. The Hall–Kier alpha value is -3.29. The maximum absolute atomic E-state index is 13.1. The van der Waals surface area contributed by atoms with Gasteiger partial charge < -0.3 is 10.3 Å². The molecule has 6 nitrogen and oxygen atoms in total. The Kier molecular flexibility index (Phi) is 3.94. The molecule has 4 aromatic heterocycles. The van der Waals surface area contributed by atoms with Crippen LogP contribution < -0.4 is 5.32 Å². The first kappa shape index (κ1) is 18.5. The van der Waals surface area contributed by atoms with E-state index in [4.69, 9.17) is 0 Å². The summed E-state index contributed by atoms with van der Waals surface area (Å²) in [7, 11) is 0. The highest BCUT2D eigenvalue weighted by atomic mass is 19.3. The molecule has 158 valence electrons. The monoisotopic (exact) mass is 420 g/mol. The lowest BCUT2D eigenvalue weighted by molar-refractivity contribution is -0.108. The van der Waals surface area contributed by atoms with Gasteiger partial charge in [-0.05, 0) is 36.5 Å². The van der Waals surface area contributed by atoms with Gasteiger partial charge in [0.05, 0.1) is 11.7 Å². The van der Waals surface area contributed by atoms with E-state index in [0.717, 1.165) is 39.1 Å². The number of halogens is 2. The van der Waals surface area contributed by atoms with Gasteiger partial charge in [0.2, 0.25) is 5.92 Å². The molecule has 31 heavy (non-hydrogen) atoms. The number of nitrogens with one attached hydrogen (secondary N) is 2. The summed E-state index contributed by atoms with van der Waals surface area (Å²) in [4.78, 5) is 12.5. The van der Waals surface area contributed by atoms with Crippen LogP contribution in [0.15, 0.2) is 43.5 Å². The summed E-state index contributed by atoms with van der Waals surface area (Å²) >= 11 is 0. The molecule has 6 rings (SSSR count). The number of alkyl halides is 2. The van der Waals surface area contributed by atoms with Gasteiger partial charge in [-0.25, -0.2) is 23.3 Å². The number of rotatable bonds is 6. The number of pyridine rings is 1. The maximum atomic E-state index is 13.1. The molecule has 0 amide bonds. The highest BCUT2D eigenvalue weighted by molar-refractivity contribution is 5.94. The van der Waals surface area contributed by atoms with E-state index in [-0.39, 0.29) is 18.8 Å². The molecule has 2 saturated carbocycles. The summed E-state index contributed by atoms with van der Waals surface area (Å²) in [6.45, 7) is 4.60. The predicted octanol–water partition coefficient (Wildman–Crippen LogP) is 4.76.